The van der Waals surface area contributed by atoms with Crippen molar-refractivity contribution in [2.45, 2.75) is 120 Å². The van der Waals surface area contributed by atoms with Gasteiger partial charge in [0.2, 0.25) is 0 Å². The topological polar surface area (TPSA) is 34.1 Å². The van der Waals surface area contributed by atoms with E-state index in [0.29, 0.717) is 0 Å². The summed E-state index contributed by atoms with van der Waals surface area (Å²) in [5.74, 6) is 0. The number of carbonyl (C=O) groups is 2. The normalized spacial score (nSPS) is 35.9. The third-order valence-corrected chi connectivity index (χ3v) is 257. The molecule has 0 spiro atoms. The summed E-state index contributed by atoms with van der Waals surface area (Å²) in [4.78, 5) is 30.3. The van der Waals surface area contributed by atoms with Crippen LogP contribution in [0, 0.1) is 10.8 Å². The Bertz CT molecular complexity index is 725. The average molecular weight is 575 g/mol. The van der Waals surface area contributed by atoms with E-state index in [-0.39, 0.29) is 10.8 Å². The first-order chi connectivity index (χ1) is 13.6. The predicted molar refractivity (Wildman–Crippen MR) is 165 cm³/mol. The molecule has 2 bridgehead atoms. The van der Waals surface area contributed by atoms with Crippen LogP contribution < -0.4 is 0 Å². The maximum atomic E-state index is 15.1. The van der Waals surface area contributed by atoms with Gasteiger partial charge in [-0.05, 0) is 0 Å². The molecule has 0 N–H and O–H groups in total. The molecule has 0 aromatic rings. The number of hydrogen-bond acceptors (Lipinski definition) is 2. The molecule has 0 saturated carbocycles. The van der Waals surface area contributed by atoms with Crippen LogP contribution >= 0.6 is 0 Å². The Morgan fingerprint density at radius 2 is 0.500 bits per heavy atom. The summed E-state index contributed by atoms with van der Waals surface area (Å²) in [6, 6.07) is 0. The first-order valence-corrected chi connectivity index (χ1v) is 43.7. The van der Waals surface area contributed by atoms with E-state index in [0.717, 1.165) is 10.8 Å². The lowest BCUT2D eigenvalue weighted by Gasteiger charge is -2.87. The number of rotatable bonds is 2. The Labute approximate surface area is 206 Å². The van der Waals surface area contributed by atoms with Gasteiger partial charge >= 0.3 is 0 Å². The molecule has 3 fully saturated rings. The molecule has 0 unspecified atom stereocenters. The highest BCUT2D eigenvalue weighted by Gasteiger charge is 2.97. The molecule has 3 rings (SSSR count). The van der Waals surface area contributed by atoms with E-state index in [1.807, 2.05) is 0 Å². The van der Waals surface area contributed by atoms with Crippen LogP contribution in [0.2, 0.25) is 78.6 Å². The van der Waals surface area contributed by atoms with E-state index < -0.39 is 55.9 Å². The molecule has 0 amide bonds. The van der Waals surface area contributed by atoms with Gasteiger partial charge in [0, 0.05) is 53.5 Å². The highest BCUT2D eigenvalue weighted by atomic mass is 30.5. The Balaban J connectivity index is 3.38. The van der Waals surface area contributed by atoms with Crippen LogP contribution in [0.15, 0.2) is 0 Å². The second kappa shape index (κ2) is 6.88. The highest BCUT2D eigenvalue weighted by molar-refractivity contribution is 8.41. The maximum absolute atomic E-state index is 15.1. The standard InChI is InChI=1S/C22H54O2Si8/c1-21(2,3)19(23)31-25(7,8)28(13,14)32(20(24)22(4,5)6,29(15,16)26(31,9)10)30(17,18)27(31,11)12/h1-18H3. The first kappa shape index (κ1) is 29.3. The van der Waals surface area contributed by atoms with Gasteiger partial charge in [0.05, 0.1) is 0 Å². The molecule has 3 heterocycles. The lowest BCUT2D eigenvalue weighted by molar-refractivity contribution is -0.119. The molecular formula is C22H54O2Si8. The molecule has 32 heavy (non-hydrogen) atoms. The van der Waals surface area contributed by atoms with Gasteiger partial charge in [-0.1, -0.05) is 120 Å². The molecule has 0 atom stereocenters. The van der Waals surface area contributed by atoms with Gasteiger partial charge < -0.3 is 9.59 Å². The molecular weight excluding hydrogens is 521 g/mol. The molecule has 0 aliphatic carbocycles. The van der Waals surface area contributed by atoms with Crippen molar-refractivity contribution in [2.24, 2.45) is 10.8 Å². The van der Waals surface area contributed by atoms with E-state index in [1.54, 1.807) is 0 Å². The predicted octanol–water partition coefficient (Wildman–Crippen LogP) is 6.18. The van der Waals surface area contributed by atoms with E-state index in [1.165, 1.54) is 0 Å². The molecule has 0 aromatic heterocycles. The second-order valence-corrected chi connectivity index (χ2v) is 116. The summed E-state index contributed by atoms with van der Waals surface area (Å²) in [6.07, 6.45) is 0. The first-order valence-electron chi connectivity index (χ1n) is 12.7. The van der Waals surface area contributed by atoms with E-state index in [4.69, 9.17) is 0 Å². The smallest absolute Gasteiger partial charge is 0.108 e. The van der Waals surface area contributed by atoms with Gasteiger partial charge in [0.15, 0.2) is 0 Å². The summed E-state index contributed by atoms with van der Waals surface area (Å²) < 4.78 is 0. The lowest BCUT2D eigenvalue weighted by Crippen LogP contribution is -3.21. The number of hydrogen-bond donors (Lipinski definition) is 0. The van der Waals surface area contributed by atoms with Crippen molar-refractivity contribution in [3.8, 4) is 0 Å². The number of carbonyl (C=O) groups excluding carboxylic acids is 2. The van der Waals surface area contributed by atoms with Gasteiger partial charge in [-0.3, -0.25) is 0 Å². The van der Waals surface area contributed by atoms with E-state index >= 15 is 9.59 Å². The van der Waals surface area contributed by atoms with Gasteiger partial charge in [-0.15, -0.1) is 0 Å². The zero-order valence-electron chi connectivity index (χ0n) is 24.8. The van der Waals surface area contributed by atoms with Crippen LogP contribution in [-0.2, 0) is 9.59 Å². The zero-order chi connectivity index (χ0) is 26.2. The van der Waals surface area contributed by atoms with Crippen LogP contribution in [0.5, 0.6) is 0 Å². The molecule has 3 saturated heterocycles. The monoisotopic (exact) mass is 574 g/mol. The Morgan fingerprint density at radius 1 is 0.375 bits per heavy atom. The lowest BCUT2D eigenvalue weighted by atomic mass is 9.99. The molecule has 186 valence electrons. The summed E-state index contributed by atoms with van der Waals surface area (Å²) in [6.45, 7) is 41.5. The Morgan fingerprint density at radius 3 is 0.594 bits per heavy atom. The van der Waals surface area contributed by atoms with Crippen molar-refractivity contribution < 1.29 is 9.59 Å². The maximum Gasteiger partial charge on any atom is 0.108 e. The Kier molecular flexibility index (Phi) is 6.30. The fraction of sp³-hybridized carbons (Fsp3) is 0.909. The Hall–Kier alpha value is 1.08. The molecule has 10 heteroatoms. The second-order valence-electron chi connectivity index (χ2n) is 16.4. The van der Waals surface area contributed by atoms with Crippen molar-refractivity contribution in [1.29, 1.82) is 0 Å². The molecule has 0 aromatic carbocycles. The SMILES string of the molecule is CC(C)(C)C(=O)[Si]12[Si](C)(C)[Si](C)(C)[Si](C(=O)C(C)(C)C)([Si](C)(C)[Si]1(C)C)[Si](C)(C)[Si]2(C)C. The average Bonchev–Trinajstić information content (AvgIpc) is 2.49. The minimum absolute atomic E-state index is 0.239. The van der Waals surface area contributed by atoms with Crippen LogP contribution in [-0.4, -0.2) is 66.7 Å². The van der Waals surface area contributed by atoms with Crippen molar-refractivity contribution in [2.75, 3.05) is 0 Å². The third-order valence-electron chi connectivity index (χ3n) is 12.4. The van der Waals surface area contributed by atoms with E-state index in [2.05, 4.69) is 120 Å². The fourth-order valence-electron chi connectivity index (χ4n) is 10.3. The zero-order valence-corrected chi connectivity index (χ0v) is 32.8. The minimum Gasteiger partial charge on any atom is -0.306 e. The molecule has 0 radical (unpaired) electrons. The minimum atomic E-state index is -2.23. The fourth-order valence-corrected chi connectivity index (χ4v) is 528. The highest BCUT2D eigenvalue weighted by Crippen LogP contribution is 2.65. The summed E-state index contributed by atoms with van der Waals surface area (Å²) in [5, 5.41) is 1.59. The van der Waals surface area contributed by atoms with Crippen molar-refractivity contribution in [1.82, 2.24) is 0 Å². The molecule has 2 nitrogen and oxygen atoms in total. The van der Waals surface area contributed by atoms with Crippen LogP contribution in [0.1, 0.15) is 41.5 Å². The van der Waals surface area contributed by atoms with Gasteiger partial charge in [-0.2, -0.15) is 0 Å². The van der Waals surface area contributed by atoms with Crippen molar-refractivity contribution >= 4 is 66.7 Å². The summed E-state index contributed by atoms with van der Waals surface area (Å²) in [5.41, 5.74) is -0.477. The van der Waals surface area contributed by atoms with E-state index in [9.17, 15) is 0 Å². The molecule has 3 aliphatic heterocycles. The van der Waals surface area contributed by atoms with Gasteiger partial charge in [0.25, 0.3) is 0 Å². The van der Waals surface area contributed by atoms with Crippen LogP contribution in [0.3, 0.4) is 0 Å². The largest absolute Gasteiger partial charge is 0.306 e. The third kappa shape index (κ3) is 2.50. The van der Waals surface area contributed by atoms with Gasteiger partial charge in [0.1, 0.15) is 24.1 Å². The van der Waals surface area contributed by atoms with Crippen LogP contribution in [0.4, 0.5) is 0 Å². The summed E-state index contributed by atoms with van der Waals surface area (Å²) in [7, 11) is -11.5. The number of fused-ring (bicyclic) bond motifs is 3. The van der Waals surface area contributed by atoms with Crippen molar-refractivity contribution in [3.63, 3.8) is 0 Å². The summed E-state index contributed by atoms with van der Waals surface area (Å²) >= 11 is 0. The van der Waals surface area contributed by atoms with Crippen molar-refractivity contribution in [3.05, 3.63) is 0 Å². The van der Waals surface area contributed by atoms with Crippen LogP contribution in [0.25, 0.3) is 0 Å². The molecule has 3 aliphatic rings. The van der Waals surface area contributed by atoms with Gasteiger partial charge in [-0.25, -0.2) is 0 Å². The quantitative estimate of drug-likeness (QED) is 0.369.